The lowest BCUT2D eigenvalue weighted by atomic mass is 10.2. The van der Waals surface area contributed by atoms with Crippen molar-refractivity contribution in [3.63, 3.8) is 0 Å². The number of furan rings is 1. The van der Waals surface area contributed by atoms with E-state index < -0.39 is 0 Å². The molecule has 0 unspecified atom stereocenters. The second-order valence-corrected chi connectivity index (χ2v) is 7.53. The number of nitrogens with one attached hydrogen (secondary N) is 1. The zero-order valence-electron chi connectivity index (χ0n) is 15.3. The molecule has 4 aromatic rings. The molecule has 0 aliphatic carbocycles. The number of nitrogens with zero attached hydrogens (tertiary/aromatic N) is 3. The molecule has 0 bridgehead atoms. The van der Waals surface area contributed by atoms with Gasteiger partial charge in [0.15, 0.2) is 10.9 Å². The SMILES string of the molecule is O=C(CSc1nnc(-c2ccco2)n1-c1cccc(Cl)c1)NCc1ccccc1. The van der Waals surface area contributed by atoms with Crippen LogP contribution in [0.1, 0.15) is 5.56 Å². The Bertz CT molecular complexity index is 1100. The smallest absolute Gasteiger partial charge is 0.230 e. The zero-order valence-corrected chi connectivity index (χ0v) is 16.9. The van der Waals surface area contributed by atoms with Crippen molar-refractivity contribution >= 4 is 29.3 Å². The van der Waals surface area contributed by atoms with Crippen molar-refractivity contribution in [2.24, 2.45) is 0 Å². The maximum Gasteiger partial charge on any atom is 0.230 e. The summed E-state index contributed by atoms with van der Waals surface area (Å²) in [6.07, 6.45) is 1.58. The van der Waals surface area contributed by atoms with E-state index in [9.17, 15) is 4.79 Å². The molecule has 1 amide bonds. The van der Waals surface area contributed by atoms with Crippen LogP contribution in [0.3, 0.4) is 0 Å². The largest absolute Gasteiger partial charge is 0.461 e. The third-order valence-electron chi connectivity index (χ3n) is 4.11. The van der Waals surface area contributed by atoms with Crippen LogP contribution < -0.4 is 5.32 Å². The highest BCUT2D eigenvalue weighted by atomic mass is 35.5. The molecule has 0 saturated carbocycles. The van der Waals surface area contributed by atoms with Crippen molar-refractivity contribution in [1.29, 1.82) is 0 Å². The summed E-state index contributed by atoms with van der Waals surface area (Å²) in [4.78, 5) is 12.3. The molecule has 29 heavy (non-hydrogen) atoms. The second kappa shape index (κ2) is 8.98. The van der Waals surface area contributed by atoms with Crippen LogP contribution in [0.4, 0.5) is 0 Å². The summed E-state index contributed by atoms with van der Waals surface area (Å²) in [5.74, 6) is 1.25. The van der Waals surface area contributed by atoms with Gasteiger partial charge in [-0.25, -0.2) is 0 Å². The van der Waals surface area contributed by atoms with Crippen molar-refractivity contribution < 1.29 is 9.21 Å². The number of carbonyl (C=O) groups excluding carboxylic acids is 1. The molecular formula is C21H17ClN4O2S. The molecule has 0 saturated heterocycles. The molecule has 0 atom stereocenters. The topological polar surface area (TPSA) is 73.0 Å². The lowest BCUT2D eigenvalue weighted by Gasteiger charge is -2.10. The summed E-state index contributed by atoms with van der Waals surface area (Å²) >= 11 is 7.47. The van der Waals surface area contributed by atoms with Crippen LogP contribution in [0, 0.1) is 0 Å². The molecule has 2 aromatic heterocycles. The quantitative estimate of drug-likeness (QED) is 0.439. The Hall–Kier alpha value is -3.03. The summed E-state index contributed by atoms with van der Waals surface area (Å²) in [6.45, 7) is 0.485. The molecule has 6 nitrogen and oxygen atoms in total. The number of amides is 1. The predicted molar refractivity (Wildman–Crippen MR) is 113 cm³/mol. The highest BCUT2D eigenvalue weighted by Crippen LogP contribution is 2.29. The van der Waals surface area contributed by atoms with E-state index in [0.717, 1.165) is 11.3 Å². The van der Waals surface area contributed by atoms with Gasteiger partial charge in [0, 0.05) is 11.6 Å². The number of hydrogen-bond donors (Lipinski definition) is 1. The molecule has 2 aromatic carbocycles. The molecule has 2 heterocycles. The van der Waals surface area contributed by atoms with E-state index in [1.165, 1.54) is 11.8 Å². The van der Waals surface area contributed by atoms with Crippen LogP contribution >= 0.6 is 23.4 Å². The zero-order chi connectivity index (χ0) is 20.1. The average molecular weight is 425 g/mol. The molecule has 0 fully saturated rings. The van der Waals surface area contributed by atoms with Gasteiger partial charge in [0.25, 0.3) is 0 Å². The minimum absolute atomic E-state index is 0.0842. The first-order valence-corrected chi connectivity index (χ1v) is 10.3. The Morgan fingerprint density at radius 2 is 1.93 bits per heavy atom. The van der Waals surface area contributed by atoms with Gasteiger partial charge in [0.1, 0.15) is 0 Å². The van der Waals surface area contributed by atoms with Crippen LogP contribution in [0.15, 0.2) is 82.6 Å². The highest BCUT2D eigenvalue weighted by Gasteiger charge is 2.19. The van der Waals surface area contributed by atoms with E-state index >= 15 is 0 Å². The number of hydrogen-bond acceptors (Lipinski definition) is 5. The van der Waals surface area contributed by atoms with Crippen LogP contribution in [-0.2, 0) is 11.3 Å². The monoisotopic (exact) mass is 424 g/mol. The number of aromatic nitrogens is 3. The van der Waals surface area contributed by atoms with Crippen molar-refractivity contribution in [3.8, 4) is 17.3 Å². The van der Waals surface area contributed by atoms with Crippen molar-refractivity contribution in [2.75, 3.05) is 5.75 Å². The summed E-state index contributed by atoms with van der Waals surface area (Å²) in [5.41, 5.74) is 1.84. The predicted octanol–water partition coefficient (Wildman–Crippen LogP) is 4.59. The maximum absolute atomic E-state index is 12.3. The standard InChI is InChI=1S/C21H17ClN4O2S/c22-16-8-4-9-17(12-16)26-20(18-10-5-11-28-18)24-25-21(26)29-14-19(27)23-13-15-6-2-1-3-7-15/h1-12H,13-14H2,(H,23,27). The Morgan fingerprint density at radius 3 is 2.69 bits per heavy atom. The van der Waals surface area contributed by atoms with Gasteiger partial charge in [0.05, 0.1) is 17.7 Å². The summed E-state index contributed by atoms with van der Waals surface area (Å²) in [6, 6.07) is 20.7. The molecule has 0 spiro atoms. The Labute approximate surface area is 176 Å². The molecule has 8 heteroatoms. The molecular weight excluding hydrogens is 408 g/mol. The summed E-state index contributed by atoms with van der Waals surface area (Å²) in [5, 5.41) is 12.6. The van der Waals surface area contributed by atoms with Crippen LogP contribution in [-0.4, -0.2) is 26.4 Å². The minimum atomic E-state index is -0.0842. The maximum atomic E-state index is 12.3. The first-order valence-electron chi connectivity index (χ1n) is 8.89. The first kappa shape index (κ1) is 19.3. The van der Waals surface area contributed by atoms with Gasteiger partial charge < -0.3 is 9.73 Å². The second-order valence-electron chi connectivity index (χ2n) is 6.15. The highest BCUT2D eigenvalue weighted by molar-refractivity contribution is 7.99. The van der Waals surface area contributed by atoms with E-state index in [1.807, 2.05) is 59.2 Å². The minimum Gasteiger partial charge on any atom is -0.461 e. The fourth-order valence-corrected chi connectivity index (χ4v) is 3.72. The Kier molecular flexibility index (Phi) is 5.97. The third kappa shape index (κ3) is 4.70. The Morgan fingerprint density at radius 1 is 1.07 bits per heavy atom. The molecule has 0 aliphatic heterocycles. The fraction of sp³-hybridized carbons (Fsp3) is 0.0952. The summed E-state index contributed by atoms with van der Waals surface area (Å²) in [7, 11) is 0. The van der Waals surface area contributed by atoms with Crippen molar-refractivity contribution in [1.82, 2.24) is 20.1 Å². The number of benzene rings is 2. The lowest BCUT2D eigenvalue weighted by Crippen LogP contribution is -2.24. The third-order valence-corrected chi connectivity index (χ3v) is 5.27. The van der Waals surface area contributed by atoms with Crippen LogP contribution in [0.5, 0.6) is 0 Å². The van der Waals surface area contributed by atoms with Gasteiger partial charge in [-0.2, -0.15) is 0 Å². The van der Waals surface area contributed by atoms with E-state index in [1.54, 1.807) is 18.4 Å². The van der Waals surface area contributed by atoms with Gasteiger partial charge in [-0.1, -0.05) is 59.8 Å². The van der Waals surface area contributed by atoms with E-state index in [-0.39, 0.29) is 11.7 Å². The van der Waals surface area contributed by atoms with Crippen LogP contribution in [0.2, 0.25) is 5.02 Å². The summed E-state index contributed by atoms with van der Waals surface area (Å²) < 4.78 is 7.33. The molecule has 0 aliphatic rings. The number of halogens is 1. The van der Waals surface area contributed by atoms with E-state index in [0.29, 0.717) is 28.3 Å². The van der Waals surface area contributed by atoms with Gasteiger partial charge >= 0.3 is 0 Å². The van der Waals surface area contributed by atoms with E-state index in [2.05, 4.69) is 15.5 Å². The van der Waals surface area contributed by atoms with Crippen molar-refractivity contribution in [3.05, 3.63) is 83.6 Å². The lowest BCUT2D eigenvalue weighted by molar-refractivity contribution is -0.118. The van der Waals surface area contributed by atoms with Gasteiger partial charge in [-0.05, 0) is 35.9 Å². The molecule has 1 N–H and O–H groups in total. The van der Waals surface area contributed by atoms with Gasteiger partial charge in [-0.15, -0.1) is 10.2 Å². The van der Waals surface area contributed by atoms with Gasteiger partial charge in [0.2, 0.25) is 11.7 Å². The molecule has 0 radical (unpaired) electrons. The average Bonchev–Trinajstić information content (AvgIpc) is 3.41. The number of carbonyl (C=O) groups is 1. The number of rotatable bonds is 7. The first-order chi connectivity index (χ1) is 14.2. The van der Waals surface area contributed by atoms with Gasteiger partial charge in [-0.3, -0.25) is 9.36 Å². The molecule has 146 valence electrons. The fourth-order valence-electron chi connectivity index (χ4n) is 2.75. The molecule has 4 rings (SSSR count). The van der Waals surface area contributed by atoms with Crippen molar-refractivity contribution in [2.45, 2.75) is 11.7 Å². The number of thioether (sulfide) groups is 1. The Balaban J connectivity index is 1.52. The normalized spacial score (nSPS) is 10.8. The van der Waals surface area contributed by atoms with Crippen LogP contribution in [0.25, 0.3) is 17.3 Å². The van der Waals surface area contributed by atoms with E-state index in [4.69, 9.17) is 16.0 Å².